The van der Waals surface area contributed by atoms with Crippen molar-refractivity contribution >= 4 is 0 Å². The monoisotopic (exact) mass is 245 g/mol. The standard InChI is InChI=1S/C15H23N3/c1-16-7-12-8-17-18(9-12)15-13-3-10-2-11(5-13)6-14(15)4-10/h8-11,13-16H,2-7H2,1H3. The van der Waals surface area contributed by atoms with Gasteiger partial charge in [0.05, 0.1) is 12.2 Å². The fourth-order valence-corrected chi connectivity index (χ4v) is 5.16. The number of nitrogens with one attached hydrogen (secondary N) is 1. The Kier molecular flexibility index (Phi) is 2.51. The molecule has 1 aromatic heterocycles. The zero-order chi connectivity index (χ0) is 12.1. The molecule has 1 N–H and O–H groups in total. The average molecular weight is 245 g/mol. The minimum absolute atomic E-state index is 0.711. The summed E-state index contributed by atoms with van der Waals surface area (Å²) in [6, 6.07) is 0.711. The van der Waals surface area contributed by atoms with Gasteiger partial charge < -0.3 is 5.32 Å². The van der Waals surface area contributed by atoms with E-state index in [9.17, 15) is 0 Å². The van der Waals surface area contributed by atoms with Gasteiger partial charge in [0.15, 0.2) is 0 Å². The Morgan fingerprint density at radius 2 is 1.83 bits per heavy atom. The maximum atomic E-state index is 4.66. The van der Waals surface area contributed by atoms with Crippen molar-refractivity contribution in [1.82, 2.24) is 15.1 Å². The van der Waals surface area contributed by atoms with Crippen LogP contribution in [0.4, 0.5) is 0 Å². The van der Waals surface area contributed by atoms with Crippen molar-refractivity contribution in [2.45, 2.75) is 44.7 Å². The SMILES string of the molecule is CNCc1cnn(C2C3CC4CC(C3)CC2C4)c1. The van der Waals surface area contributed by atoms with E-state index >= 15 is 0 Å². The number of hydrogen-bond acceptors (Lipinski definition) is 2. The van der Waals surface area contributed by atoms with Crippen molar-refractivity contribution in [3.63, 3.8) is 0 Å². The Labute approximate surface area is 109 Å². The fourth-order valence-electron chi connectivity index (χ4n) is 5.16. The van der Waals surface area contributed by atoms with Crippen molar-refractivity contribution in [1.29, 1.82) is 0 Å². The summed E-state index contributed by atoms with van der Waals surface area (Å²) < 4.78 is 2.31. The predicted molar refractivity (Wildman–Crippen MR) is 71.1 cm³/mol. The van der Waals surface area contributed by atoms with Gasteiger partial charge in [0, 0.05) is 18.3 Å². The predicted octanol–water partition coefficient (Wildman–Crippen LogP) is 2.60. The van der Waals surface area contributed by atoms with Crippen LogP contribution in [-0.4, -0.2) is 16.8 Å². The summed E-state index contributed by atoms with van der Waals surface area (Å²) in [6.07, 6.45) is 11.7. The highest BCUT2D eigenvalue weighted by Crippen LogP contribution is 2.58. The molecule has 3 heteroatoms. The molecule has 3 nitrogen and oxygen atoms in total. The molecule has 0 aliphatic heterocycles. The highest BCUT2D eigenvalue weighted by atomic mass is 15.3. The van der Waals surface area contributed by atoms with Crippen LogP contribution in [0.3, 0.4) is 0 Å². The maximum Gasteiger partial charge on any atom is 0.0576 e. The van der Waals surface area contributed by atoms with Crippen molar-refractivity contribution < 1.29 is 0 Å². The second-order valence-electron chi connectivity index (χ2n) is 6.78. The van der Waals surface area contributed by atoms with Crippen LogP contribution in [0.1, 0.15) is 43.7 Å². The van der Waals surface area contributed by atoms with E-state index in [-0.39, 0.29) is 0 Å². The fraction of sp³-hybridized carbons (Fsp3) is 0.800. The molecule has 18 heavy (non-hydrogen) atoms. The summed E-state index contributed by atoms with van der Waals surface area (Å²) in [5.41, 5.74) is 1.33. The van der Waals surface area contributed by atoms with Gasteiger partial charge in [-0.2, -0.15) is 5.10 Å². The van der Waals surface area contributed by atoms with E-state index in [2.05, 4.69) is 21.3 Å². The van der Waals surface area contributed by atoms with Crippen LogP contribution in [0.25, 0.3) is 0 Å². The third-order valence-corrected chi connectivity index (χ3v) is 5.52. The minimum Gasteiger partial charge on any atom is -0.316 e. The molecule has 0 saturated heterocycles. The van der Waals surface area contributed by atoms with Gasteiger partial charge in [-0.15, -0.1) is 0 Å². The van der Waals surface area contributed by atoms with Gasteiger partial charge in [-0.25, -0.2) is 0 Å². The third-order valence-electron chi connectivity index (χ3n) is 5.52. The Morgan fingerprint density at radius 3 is 2.44 bits per heavy atom. The lowest BCUT2D eigenvalue weighted by Gasteiger charge is -2.54. The van der Waals surface area contributed by atoms with Crippen LogP contribution in [-0.2, 0) is 6.54 Å². The molecule has 98 valence electrons. The summed E-state index contributed by atoms with van der Waals surface area (Å²) in [5.74, 6) is 3.94. The number of aromatic nitrogens is 2. The van der Waals surface area contributed by atoms with E-state index in [1.807, 2.05) is 13.2 Å². The first-order valence-corrected chi connectivity index (χ1v) is 7.51. The lowest BCUT2D eigenvalue weighted by Crippen LogP contribution is -2.46. The lowest BCUT2D eigenvalue weighted by atomic mass is 9.54. The van der Waals surface area contributed by atoms with Gasteiger partial charge in [-0.3, -0.25) is 4.68 Å². The molecule has 0 amide bonds. The van der Waals surface area contributed by atoms with Crippen molar-refractivity contribution in [2.75, 3.05) is 7.05 Å². The summed E-state index contributed by atoms with van der Waals surface area (Å²) in [5, 5.41) is 7.87. The molecule has 0 radical (unpaired) electrons. The summed E-state index contributed by atoms with van der Waals surface area (Å²) in [6.45, 7) is 0.938. The van der Waals surface area contributed by atoms with Crippen LogP contribution in [0.2, 0.25) is 0 Å². The Bertz CT molecular complexity index is 409. The molecule has 5 rings (SSSR count). The average Bonchev–Trinajstić information content (AvgIpc) is 2.76. The molecular weight excluding hydrogens is 222 g/mol. The zero-order valence-electron chi connectivity index (χ0n) is 11.2. The van der Waals surface area contributed by atoms with E-state index in [1.54, 1.807) is 0 Å². The Hall–Kier alpha value is -0.830. The summed E-state index contributed by atoms with van der Waals surface area (Å²) in [7, 11) is 2.00. The van der Waals surface area contributed by atoms with Gasteiger partial charge in [-0.05, 0) is 62.8 Å². The van der Waals surface area contributed by atoms with E-state index in [1.165, 1.54) is 37.7 Å². The first-order valence-electron chi connectivity index (χ1n) is 7.51. The molecule has 4 fully saturated rings. The van der Waals surface area contributed by atoms with Gasteiger partial charge in [-0.1, -0.05) is 0 Å². The normalized spacial score (nSPS) is 41.5. The van der Waals surface area contributed by atoms with E-state index < -0.39 is 0 Å². The smallest absolute Gasteiger partial charge is 0.0576 e. The van der Waals surface area contributed by atoms with Crippen molar-refractivity contribution in [3.8, 4) is 0 Å². The number of rotatable bonds is 3. The molecule has 1 aromatic rings. The van der Waals surface area contributed by atoms with Crippen molar-refractivity contribution in [3.05, 3.63) is 18.0 Å². The van der Waals surface area contributed by atoms with E-state index in [0.29, 0.717) is 6.04 Å². The molecule has 0 spiro atoms. The molecule has 4 aliphatic carbocycles. The molecule has 1 heterocycles. The van der Waals surface area contributed by atoms with Crippen LogP contribution in [0.15, 0.2) is 12.4 Å². The highest BCUT2D eigenvalue weighted by molar-refractivity contribution is 5.07. The molecular formula is C15H23N3. The van der Waals surface area contributed by atoms with Crippen LogP contribution >= 0.6 is 0 Å². The minimum atomic E-state index is 0.711. The van der Waals surface area contributed by atoms with Gasteiger partial charge in [0.1, 0.15) is 0 Å². The highest BCUT2D eigenvalue weighted by Gasteiger charge is 2.49. The third kappa shape index (κ3) is 1.63. The zero-order valence-corrected chi connectivity index (χ0v) is 11.2. The van der Waals surface area contributed by atoms with Crippen molar-refractivity contribution in [2.24, 2.45) is 23.7 Å². The maximum absolute atomic E-state index is 4.66. The summed E-state index contributed by atoms with van der Waals surface area (Å²) in [4.78, 5) is 0. The largest absolute Gasteiger partial charge is 0.316 e. The topological polar surface area (TPSA) is 29.9 Å². The first kappa shape index (κ1) is 11.0. The first-order chi connectivity index (χ1) is 8.83. The lowest BCUT2D eigenvalue weighted by molar-refractivity contribution is -0.0336. The molecule has 0 atom stereocenters. The Balaban J connectivity index is 1.60. The van der Waals surface area contributed by atoms with E-state index in [4.69, 9.17) is 0 Å². The Morgan fingerprint density at radius 1 is 1.17 bits per heavy atom. The van der Waals surface area contributed by atoms with Crippen LogP contribution in [0.5, 0.6) is 0 Å². The summed E-state index contributed by atoms with van der Waals surface area (Å²) >= 11 is 0. The molecule has 4 aliphatic rings. The second kappa shape index (κ2) is 4.09. The quantitative estimate of drug-likeness (QED) is 0.887. The number of nitrogens with zero attached hydrogens (tertiary/aromatic N) is 2. The van der Waals surface area contributed by atoms with Gasteiger partial charge in [0.2, 0.25) is 0 Å². The molecule has 0 unspecified atom stereocenters. The molecule has 4 saturated carbocycles. The second-order valence-corrected chi connectivity index (χ2v) is 6.78. The van der Waals surface area contributed by atoms with Crippen LogP contribution in [0, 0.1) is 23.7 Å². The molecule has 0 aromatic carbocycles. The van der Waals surface area contributed by atoms with Gasteiger partial charge in [0.25, 0.3) is 0 Å². The van der Waals surface area contributed by atoms with Gasteiger partial charge >= 0.3 is 0 Å². The van der Waals surface area contributed by atoms with Crippen LogP contribution < -0.4 is 5.32 Å². The van der Waals surface area contributed by atoms with E-state index in [0.717, 1.165) is 30.2 Å². The number of hydrogen-bond donors (Lipinski definition) is 1. The molecule has 4 bridgehead atoms.